The molecule has 2 aromatic rings. The standard InChI is InChI=1S/C16H18O2/c17-16(9-4-10-18-12-16)11-14-7-3-6-13-5-1-2-8-15(13)14/h1-3,5-8,17H,4,9-12H2. The van der Waals surface area contributed by atoms with Crippen LogP contribution in [0.25, 0.3) is 10.8 Å². The van der Waals surface area contributed by atoms with Crippen molar-refractivity contribution in [2.45, 2.75) is 24.9 Å². The maximum absolute atomic E-state index is 10.6. The van der Waals surface area contributed by atoms with Crippen LogP contribution >= 0.6 is 0 Å². The fourth-order valence-electron chi connectivity index (χ4n) is 2.78. The van der Waals surface area contributed by atoms with Gasteiger partial charge in [-0.2, -0.15) is 0 Å². The molecule has 0 spiro atoms. The van der Waals surface area contributed by atoms with Gasteiger partial charge in [0.2, 0.25) is 0 Å². The van der Waals surface area contributed by atoms with E-state index < -0.39 is 5.60 Å². The molecule has 18 heavy (non-hydrogen) atoms. The van der Waals surface area contributed by atoms with E-state index in [0.717, 1.165) is 19.4 Å². The summed E-state index contributed by atoms with van der Waals surface area (Å²) in [5.41, 5.74) is 0.517. The van der Waals surface area contributed by atoms with Crippen molar-refractivity contribution < 1.29 is 9.84 Å². The summed E-state index contributed by atoms with van der Waals surface area (Å²) in [4.78, 5) is 0. The van der Waals surface area contributed by atoms with Gasteiger partial charge < -0.3 is 9.84 Å². The van der Waals surface area contributed by atoms with Gasteiger partial charge in [-0.25, -0.2) is 0 Å². The van der Waals surface area contributed by atoms with Gasteiger partial charge in [0, 0.05) is 13.0 Å². The van der Waals surface area contributed by atoms with E-state index in [1.54, 1.807) is 0 Å². The van der Waals surface area contributed by atoms with Gasteiger partial charge in [-0.05, 0) is 29.2 Å². The molecule has 0 aliphatic carbocycles. The molecule has 2 heteroatoms. The number of rotatable bonds is 2. The summed E-state index contributed by atoms with van der Waals surface area (Å²) in [7, 11) is 0. The lowest BCUT2D eigenvalue weighted by Gasteiger charge is -2.32. The minimum atomic E-state index is -0.692. The van der Waals surface area contributed by atoms with Gasteiger partial charge in [0.05, 0.1) is 12.2 Å². The van der Waals surface area contributed by atoms with Crippen molar-refractivity contribution in [3.05, 3.63) is 48.0 Å². The molecule has 1 aliphatic heterocycles. The highest BCUT2D eigenvalue weighted by Gasteiger charge is 2.30. The lowest BCUT2D eigenvalue weighted by Crippen LogP contribution is -2.40. The van der Waals surface area contributed by atoms with Crippen LogP contribution in [-0.4, -0.2) is 23.9 Å². The molecule has 1 heterocycles. The molecule has 1 atom stereocenters. The molecule has 0 bridgehead atoms. The zero-order chi connectivity index (χ0) is 12.4. The highest BCUT2D eigenvalue weighted by molar-refractivity contribution is 5.85. The van der Waals surface area contributed by atoms with Crippen molar-refractivity contribution in [1.29, 1.82) is 0 Å². The minimum absolute atomic E-state index is 0.455. The third-order valence-electron chi connectivity index (χ3n) is 3.70. The number of hydrogen-bond acceptors (Lipinski definition) is 2. The molecule has 2 aromatic carbocycles. The largest absolute Gasteiger partial charge is 0.387 e. The summed E-state index contributed by atoms with van der Waals surface area (Å²) in [6.45, 7) is 1.23. The minimum Gasteiger partial charge on any atom is -0.387 e. The van der Waals surface area contributed by atoms with Crippen LogP contribution in [0.4, 0.5) is 0 Å². The molecule has 1 aliphatic rings. The van der Waals surface area contributed by atoms with E-state index in [4.69, 9.17) is 4.74 Å². The van der Waals surface area contributed by atoms with Gasteiger partial charge in [0.1, 0.15) is 0 Å². The van der Waals surface area contributed by atoms with Crippen LogP contribution in [0.1, 0.15) is 18.4 Å². The number of fused-ring (bicyclic) bond motifs is 1. The Kier molecular flexibility index (Phi) is 3.06. The SMILES string of the molecule is OC1(Cc2cccc3ccccc23)CCCOC1. The van der Waals surface area contributed by atoms with Gasteiger partial charge in [-0.1, -0.05) is 42.5 Å². The van der Waals surface area contributed by atoms with Crippen LogP contribution in [0.2, 0.25) is 0 Å². The van der Waals surface area contributed by atoms with E-state index in [1.165, 1.54) is 16.3 Å². The van der Waals surface area contributed by atoms with Crippen LogP contribution in [-0.2, 0) is 11.2 Å². The van der Waals surface area contributed by atoms with E-state index in [-0.39, 0.29) is 0 Å². The van der Waals surface area contributed by atoms with Gasteiger partial charge in [-0.3, -0.25) is 0 Å². The summed E-state index contributed by atoms with van der Waals surface area (Å²) in [5, 5.41) is 13.0. The Morgan fingerprint density at radius 3 is 2.78 bits per heavy atom. The second-order valence-electron chi connectivity index (χ2n) is 5.20. The summed E-state index contributed by atoms with van der Waals surface area (Å²) in [6.07, 6.45) is 2.45. The van der Waals surface area contributed by atoms with Gasteiger partial charge >= 0.3 is 0 Å². The Morgan fingerprint density at radius 2 is 1.94 bits per heavy atom. The van der Waals surface area contributed by atoms with Crippen molar-refractivity contribution in [2.75, 3.05) is 13.2 Å². The Morgan fingerprint density at radius 1 is 1.11 bits per heavy atom. The van der Waals surface area contributed by atoms with Crippen molar-refractivity contribution in [1.82, 2.24) is 0 Å². The monoisotopic (exact) mass is 242 g/mol. The average molecular weight is 242 g/mol. The second-order valence-corrected chi connectivity index (χ2v) is 5.20. The first-order valence-corrected chi connectivity index (χ1v) is 6.54. The zero-order valence-electron chi connectivity index (χ0n) is 10.4. The van der Waals surface area contributed by atoms with Crippen molar-refractivity contribution in [3.63, 3.8) is 0 Å². The Bertz CT molecular complexity index is 536. The van der Waals surface area contributed by atoms with Crippen molar-refractivity contribution >= 4 is 10.8 Å². The fraction of sp³-hybridized carbons (Fsp3) is 0.375. The summed E-state index contributed by atoms with van der Waals surface area (Å²) in [5.74, 6) is 0. The smallest absolute Gasteiger partial charge is 0.0921 e. The molecule has 1 fully saturated rings. The third kappa shape index (κ3) is 2.26. The van der Waals surface area contributed by atoms with Crippen LogP contribution in [0, 0.1) is 0 Å². The van der Waals surface area contributed by atoms with Crippen molar-refractivity contribution in [2.24, 2.45) is 0 Å². The highest BCUT2D eigenvalue weighted by atomic mass is 16.5. The zero-order valence-corrected chi connectivity index (χ0v) is 10.4. The molecular formula is C16H18O2. The molecule has 0 amide bonds. The number of ether oxygens (including phenoxy) is 1. The molecule has 0 aromatic heterocycles. The quantitative estimate of drug-likeness (QED) is 0.877. The molecule has 94 valence electrons. The first-order valence-electron chi connectivity index (χ1n) is 6.54. The maximum atomic E-state index is 10.6. The predicted molar refractivity (Wildman–Crippen MR) is 72.7 cm³/mol. The molecule has 1 N–H and O–H groups in total. The topological polar surface area (TPSA) is 29.5 Å². The molecule has 0 radical (unpaired) electrons. The second kappa shape index (κ2) is 4.71. The van der Waals surface area contributed by atoms with Gasteiger partial charge in [-0.15, -0.1) is 0 Å². The average Bonchev–Trinajstić information content (AvgIpc) is 2.40. The fourth-order valence-corrected chi connectivity index (χ4v) is 2.78. The molecular weight excluding hydrogens is 224 g/mol. The van der Waals surface area contributed by atoms with Crippen molar-refractivity contribution in [3.8, 4) is 0 Å². The van der Waals surface area contributed by atoms with Gasteiger partial charge in [0.25, 0.3) is 0 Å². The van der Waals surface area contributed by atoms with Crippen LogP contribution in [0.3, 0.4) is 0 Å². The summed E-state index contributed by atoms with van der Waals surface area (Å²) >= 11 is 0. The third-order valence-corrected chi connectivity index (χ3v) is 3.70. The molecule has 1 unspecified atom stereocenters. The Labute approximate surface area is 107 Å². The summed E-state index contributed by atoms with van der Waals surface area (Å²) in [6, 6.07) is 14.6. The van der Waals surface area contributed by atoms with Crippen LogP contribution in [0.5, 0.6) is 0 Å². The first kappa shape index (κ1) is 11.7. The molecule has 3 rings (SSSR count). The first-order chi connectivity index (χ1) is 8.77. The van der Waals surface area contributed by atoms with Crippen LogP contribution < -0.4 is 0 Å². The lowest BCUT2D eigenvalue weighted by molar-refractivity contribution is -0.0843. The predicted octanol–water partition coefficient (Wildman–Crippen LogP) is 2.92. The van der Waals surface area contributed by atoms with Crippen LogP contribution in [0.15, 0.2) is 42.5 Å². The molecule has 1 saturated heterocycles. The lowest BCUT2D eigenvalue weighted by atomic mass is 9.87. The summed E-state index contributed by atoms with van der Waals surface area (Å²) < 4.78 is 5.42. The van der Waals surface area contributed by atoms with E-state index in [0.29, 0.717) is 13.0 Å². The molecule has 0 saturated carbocycles. The van der Waals surface area contributed by atoms with E-state index in [2.05, 4.69) is 30.3 Å². The Hall–Kier alpha value is -1.38. The maximum Gasteiger partial charge on any atom is 0.0921 e. The molecule has 2 nitrogen and oxygen atoms in total. The number of aliphatic hydroxyl groups is 1. The number of hydrogen-bond donors (Lipinski definition) is 1. The van der Waals surface area contributed by atoms with E-state index in [9.17, 15) is 5.11 Å². The Balaban J connectivity index is 1.94. The van der Waals surface area contributed by atoms with E-state index >= 15 is 0 Å². The van der Waals surface area contributed by atoms with E-state index in [1.807, 2.05) is 12.1 Å². The number of benzene rings is 2. The van der Waals surface area contributed by atoms with Gasteiger partial charge in [0.15, 0.2) is 0 Å². The normalized spacial score (nSPS) is 24.3. The highest BCUT2D eigenvalue weighted by Crippen LogP contribution is 2.27.